The summed E-state index contributed by atoms with van der Waals surface area (Å²) in [6.45, 7) is 2.18. The summed E-state index contributed by atoms with van der Waals surface area (Å²) in [5, 5.41) is 0.362. The molecule has 2 unspecified atom stereocenters. The fraction of sp³-hybridized carbons (Fsp3) is 0.500. The molecule has 0 radical (unpaired) electrons. The van der Waals surface area contributed by atoms with Gasteiger partial charge in [-0.2, -0.15) is 0 Å². The van der Waals surface area contributed by atoms with Gasteiger partial charge in [-0.3, -0.25) is 0 Å². The van der Waals surface area contributed by atoms with Gasteiger partial charge in [-0.05, 0) is 30.9 Å². The predicted molar refractivity (Wildman–Crippen MR) is 57.4 cm³/mol. The van der Waals surface area contributed by atoms with E-state index in [1.165, 1.54) is 30.4 Å². The first-order valence-electron chi connectivity index (χ1n) is 4.98. The molecule has 1 aromatic rings. The summed E-state index contributed by atoms with van der Waals surface area (Å²) in [6.07, 6.45) is 3.73. The first-order valence-corrected chi connectivity index (χ1v) is 5.42. The maximum atomic E-state index is 6.28. The van der Waals surface area contributed by atoms with Crippen LogP contribution in [0.1, 0.15) is 36.3 Å². The normalized spacial score (nSPS) is 27.8. The van der Waals surface area contributed by atoms with Crippen LogP contribution in [0.15, 0.2) is 24.3 Å². The van der Waals surface area contributed by atoms with Crippen LogP contribution < -0.4 is 0 Å². The van der Waals surface area contributed by atoms with Crippen molar-refractivity contribution in [1.29, 1.82) is 0 Å². The zero-order valence-corrected chi connectivity index (χ0v) is 8.72. The van der Waals surface area contributed by atoms with Crippen LogP contribution in [0.25, 0.3) is 0 Å². The molecule has 1 aliphatic rings. The second-order valence-electron chi connectivity index (χ2n) is 3.91. The van der Waals surface area contributed by atoms with Crippen molar-refractivity contribution in [2.45, 2.75) is 37.5 Å². The van der Waals surface area contributed by atoms with Crippen molar-refractivity contribution in [3.63, 3.8) is 0 Å². The average molecular weight is 195 g/mol. The van der Waals surface area contributed by atoms with Gasteiger partial charge < -0.3 is 0 Å². The van der Waals surface area contributed by atoms with Crippen LogP contribution in [-0.4, -0.2) is 5.38 Å². The Morgan fingerprint density at radius 2 is 2.00 bits per heavy atom. The van der Waals surface area contributed by atoms with Gasteiger partial charge in [-0.15, -0.1) is 11.6 Å². The molecular weight excluding hydrogens is 180 g/mol. The zero-order chi connectivity index (χ0) is 9.26. The second kappa shape index (κ2) is 3.71. The third-order valence-corrected chi connectivity index (χ3v) is 3.54. The lowest BCUT2D eigenvalue weighted by Gasteiger charge is -2.16. The van der Waals surface area contributed by atoms with Crippen molar-refractivity contribution in [3.8, 4) is 0 Å². The first kappa shape index (κ1) is 9.08. The maximum absolute atomic E-state index is 6.28. The van der Waals surface area contributed by atoms with Gasteiger partial charge in [0.1, 0.15) is 0 Å². The Morgan fingerprint density at radius 3 is 2.62 bits per heavy atom. The molecule has 1 heteroatoms. The molecule has 0 nitrogen and oxygen atoms in total. The van der Waals surface area contributed by atoms with Gasteiger partial charge in [0, 0.05) is 11.3 Å². The molecule has 0 saturated heterocycles. The number of benzene rings is 1. The number of hydrogen-bond donors (Lipinski definition) is 0. The number of alkyl halides is 1. The molecule has 1 saturated carbocycles. The lowest BCUT2D eigenvalue weighted by atomic mass is 9.93. The lowest BCUT2D eigenvalue weighted by molar-refractivity contribution is 0.724. The van der Waals surface area contributed by atoms with E-state index in [-0.39, 0.29) is 0 Å². The van der Waals surface area contributed by atoms with Crippen LogP contribution in [-0.2, 0) is 0 Å². The van der Waals surface area contributed by atoms with Gasteiger partial charge in [0.25, 0.3) is 0 Å². The highest BCUT2D eigenvalue weighted by atomic mass is 35.5. The van der Waals surface area contributed by atoms with Crippen molar-refractivity contribution >= 4 is 11.6 Å². The predicted octanol–water partition coefficient (Wildman–Crippen LogP) is 3.87. The van der Waals surface area contributed by atoms with Crippen LogP contribution in [0.5, 0.6) is 0 Å². The Kier molecular flexibility index (Phi) is 2.59. The van der Waals surface area contributed by atoms with Crippen LogP contribution >= 0.6 is 11.6 Å². The monoisotopic (exact) mass is 194 g/mol. The SMILES string of the molecule is Cc1ccccc1C1CCCC1Cl. The second-order valence-corrected chi connectivity index (χ2v) is 4.47. The van der Waals surface area contributed by atoms with E-state index in [9.17, 15) is 0 Å². The minimum atomic E-state index is 0.362. The zero-order valence-electron chi connectivity index (χ0n) is 7.96. The summed E-state index contributed by atoms with van der Waals surface area (Å²) in [4.78, 5) is 0. The van der Waals surface area contributed by atoms with E-state index in [4.69, 9.17) is 11.6 Å². The largest absolute Gasteiger partial charge is 0.122 e. The molecule has 2 atom stereocenters. The summed E-state index contributed by atoms with van der Waals surface area (Å²) in [7, 11) is 0. The third-order valence-electron chi connectivity index (χ3n) is 3.02. The number of hydrogen-bond acceptors (Lipinski definition) is 0. The van der Waals surface area contributed by atoms with Crippen LogP contribution in [0.2, 0.25) is 0 Å². The minimum absolute atomic E-state index is 0.362. The van der Waals surface area contributed by atoms with E-state index >= 15 is 0 Å². The van der Waals surface area contributed by atoms with Crippen molar-refractivity contribution < 1.29 is 0 Å². The van der Waals surface area contributed by atoms with Gasteiger partial charge in [0.2, 0.25) is 0 Å². The Hall–Kier alpha value is -0.490. The Bertz CT molecular complexity index is 293. The van der Waals surface area contributed by atoms with Crippen LogP contribution in [0.4, 0.5) is 0 Å². The molecular formula is C12H15Cl. The smallest absolute Gasteiger partial charge is 0.0404 e. The molecule has 1 aromatic carbocycles. The molecule has 0 spiro atoms. The highest BCUT2D eigenvalue weighted by molar-refractivity contribution is 6.21. The molecule has 0 bridgehead atoms. The fourth-order valence-corrected chi connectivity index (χ4v) is 2.68. The quantitative estimate of drug-likeness (QED) is 0.596. The van der Waals surface area contributed by atoms with Gasteiger partial charge >= 0.3 is 0 Å². The highest BCUT2D eigenvalue weighted by Gasteiger charge is 2.27. The molecule has 1 aliphatic carbocycles. The Balaban J connectivity index is 2.29. The third kappa shape index (κ3) is 1.73. The summed E-state index contributed by atoms with van der Waals surface area (Å²) in [5.74, 6) is 0.600. The Morgan fingerprint density at radius 1 is 1.23 bits per heavy atom. The standard InChI is InChI=1S/C12H15Cl/c1-9-5-2-3-6-10(9)11-7-4-8-12(11)13/h2-3,5-6,11-12H,4,7-8H2,1H3. The van der Waals surface area contributed by atoms with Gasteiger partial charge in [0.05, 0.1) is 0 Å². The van der Waals surface area contributed by atoms with E-state index in [0.717, 1.165) is 0 Å². The van der Waals surface area contributed by atoms with Crippen molar-refractivity contribution in [1.82, 2.24) is 0 Å². The average Bonchev–Trinajstić information content (AvgIpc) is 2.52. The molecule has 0 aromatic heterocycles. The molecule has 13 heavy (non-hydrogen) atoms. The van der Waals surface area contributed by atoms with E-state index in [2.05, 4.69) is 31.2 Å². The summed E-state index contributed by atoms with van der Waals surface area (Å²) in [5.41, 5.74) is 2.85. The highest BCUT2D eigenvalue weighted by Crippen LogP contribution is 2.39. The van der Waals surface area contributed by atoms with Crippen molar-refractivity contribution in [3.05, 3.63) is 35.4 Å². The number of rotatable bonds is 1. The fourth-order valence-electron chi connectivity index (χ4n) is 2.27. The molecule has 70 valence electrons. The van der Waals surface area contributed by atoms with Crippen LogP contribution in [0, 0.1) is 6.92 Å². The van der Waals surface area contributed by atoms with E-state index < -0.39 is 0 Å². The molecule has 1 fully saturated rings. The van der Waals surface area contributed by atoms with E-state index in [1.54, 1.807) is 0 Å². The maximum Gasteiger partial charge on any atom is 0.0404 e. The molecule has 0 amide bonds. The molecule has 0 aliphatic heterocycles. The number of aryl methyl sites for hydroxylation is 1. The Labute approximate surface area is 84.9 Å². The van der Waals surface area contributed by atoms with E-state index in [0.29, 0.717) is 11.3 Å². The summed E-state index contributed by atoms with van der Waals surface area (Å²) >= 11 is 6.28. The first-order chi connectivity index (χ1) is 6.29. The minimum Gasteiger partial charge on any atom is -0.122 e. The lowest BCUT2D eigenvalue weighted by Crippen LogP contribution is -2.06. The van der Waals surface area contributed by atoms with Gasteiger partial charge in [0.15, 0.2) is 0 Å². The molecule has 2 rings (SSSR count). The van der Waals surface area contributed by atoms with Gasteiger partial charge in [-0.25, -0.2) is 0 Å². The molecule has 0 N–H and O–H groups in total. The summed E-state index contributed by atoms with van der Waals surface area (Å²) in [6, 6.07) is 8.61. The van der Waals surface area contributed by atoms with E-state index in [1.807, 2.05) is 0 Å². The topological polar surface area (TPSA) is 0 Å². The number of halogens is 1. The van der Waals surface area contributed by atoms with Crippen molar-refractivity contribution in [2.24, 2.45) is 0 Å². The van der Waals surface area contributed by atoms with Crippen LogP contribution in [0.3, 0.4) is 0 Å². The summed E-state index contributed by atoms with van der Waals surface area (Å²) < 4.78 is 0. The van der Waals surface area contributed by atoms with Gasteiger partial charge in [-0.1, -0.05) is 30.7 Å². The van der Waals surface area contributed by atoms with Crippen molar-refractivity contribution in [2.75, 3.05) is 0 Å². The molecule has 0 heterocycles.